The standard InChI is InChI=1S/C18H21N3O2/c1-21(9-11-23-12-10-21)14-15-13-17(7-8-18(15)22)20-19-16-5-3-2-4-6-16/h2-8,13H,9-12,14H2,1H3/p+1. The van der Waals surface area contributed by atoms with Gasteiger partial charge in [0.1, 0.15) is 25.4 Å². The van der Waals surface area contributed by atoms with Crippen molar-refractivity contribution < 1.29 is 14.3 Å². The molecule has 1 saturated heterocycles. The van der Waals surface area contributed by atoms with Crippen LogP contribution >= 0.6 is 0 Å². The van der Waals surface area contributed by atoms with Crippen LogP contribution in [0.5, 0.6) is 5.75 Å². The highest BCUT2D eigenvalue weighted by molar-refractivity contribution is 5.47. The Morgan fingerprint density at radius 2 is 1.70 bits per heavy atom. The van der Waals surface area contributed by atoms with E-state index in [1.54, 1.807) is 12.1 Å². The Hall–Kier alpha value is -2.24. The van der Waals surface area contributed by atoms with E-state index in [0.29, 0.717) is 5.75 Å². The Morgan fingerprint density at radius 1 is 1.00 bits per heavy atom. The number of rotatable bonds is 4. The Balaban J connectivity index is 1.77. The molecule has 5 nitrogen and oxygen atoms in total. The van der Waals surface area contributed by atoms with Crippen LogP contribution in [0.25, 0.3) is 0 Å². The van der Waals surface area contributed by atoms with Crippen molar-refractivity contribution >= 4 is 11.4 Å². The molecule has 1 heterocycles. The van der Waals surface area contributed by atoms with Crippen molar-refractivity contribution in [2.24, 2.45) is 10.2 Å². The van der Waals surface area contributed by atoms with E-state index in [1.807, 2.05) is 36.4 Å². The first-order valence-electron chi connectivity index (χ1n) is 7.85. The largest absolute Gasteiger partial charge is 0.507 e. The molecular weight excluding hydrogens is 290 g/mol. The van der Waals surface area contributed by atoms with Gasteiger partial charge in [0.15, 0.2) is 0 Å². The summed E-state index contributed by atoms with van der Waals surface area (Å²) in [4.78, 5) is 0. The predicted molar refractivity (Wildman–Crippen MR) is 89.2 cm³/mol. The first-order valence-corrected chi connectivity index (χ1v) is 7.85. The zero-order valence-electron chi connectivity index (χ0n) is 13.4. The highest BCUT2D eigenvalue weighted by Crippen LogP contribution is 2.28. The molecule has 1 aliphatic heterocycles. The summed E-state index contributed by atoms with van der Waals surface area (Å²) in [6, 6.07) is 15.0. The highest BCUT2D eigenvalue weighted by Gasteiger charge is 2.26. The van der Waals surface area contributed by atoms with Crippen LogP contribution in [-0.4, -0.2) is 42.9 Å². The first-order chi connectivity index (χ1) is 11.1. The smallest absolute Gasteiger partial charge is 0.124 e. The second-order valence-electron chi connectivity index (χ2n) is 6.19. The van der Waals surface area contributed by atoms with Crippen LogP contribution in [0.4, 0.5) is 11.4 Å². The second kappa shape index (κ2) is 6.89. The number of hydrogen-bond acceptors (Lipinski definition) is 4. The summed E-state index contributed by atoms with van der Waals surface area (Å²) in [6.45, 7) is 4.21. The number of quaternary nitrogens is 1. The lowest BCUT2D eigenvalue weighted by molar-refractivity contribution is -0.929. The quantitative estimate of drug-likeness (QED) is 0.690. The summed E-state index contributed by atoms with van der Waals surface area (Å²) < 4.78 is 6.30. The minimum Gasteiger partial charge on any atom is -0.507 e. The maximum atomic E-state index is 10.2. The molecule has 0 aliphatic carbocycles. The number of benzene rings is 2. The van der Waals surface area contributed by atoms with Gasteiger partial charge in [-0.25, -0.2) is 0 Å². The molecule has 0 radical (unpaired) electrons. The Labute approximate surface area is 136 Å². The maximum Gasteiger partial charge on any atom is 0.124 e. The Bertz CT molecular complexity index is 680. The number of ether oxygens (including phenoxy) is 1. The molecule has 3 rings (SSSR count). The van der Waals surface area contributed by atoms with E-state index in [-0.39, 0.29) is 0 Å². The minimum absolute atomic E-state index is 0.314. The molecule has 1 fully saturated rings. The van der Waals surface area contributed by atoms with Gasteiger partial charge in [-0.05, 0) is 30.3 Å². The van der Waals surface area contributed by atoms with Crippen molar-refractivity contribution in [3.63, 3.8) is 0 Å². The van der Waals surface area contributed by atoms with E-state index in [0.717, 1.165) is 54.3 Å². The summed E-state index contributed by atoms with van der Waals surface area (Å²) in [5, 5.41) is 18.7. The van der Waals surface area contributed by atoms with Gasteiger partial charge in [-0.2, -0.15) is 10.2 Å². The number of likely N-dealkylation sites (N-methyl/N-ethyl adjacent to an activating group) is 1. The van der Waals surface area contributed by atoms with E-state index < -0.39 is 0 Å². The molecule has 0 aromatic heterocycles. The lowest BCUT2D eigenvalue weighted by Gasteiger charge is -2.37. The van der Waals surface area contributed by atoms with Gasteiger partial charge in [0.25, 0.3) is 0 Å². The normalized spacial score (nSPS) is 17.4. The Kier molecular flexibility index (Phi) is 4.69. The summed E-state index contributed by atoms with van der Waals surface area (Å²) in [5.74, 6) is 0.314. The molecule has 2 aromatic rings. The van der Waals surface area contributed by atoms with Crippen molar-refractivity contribution in [2.75, 3.05) is 33.4 Å². The van der Waals surface area contributed by atoms with Gasteiger partial charge in [0, 0.05) is 0 Å². The molecule has 0 bridgehead atoms. The summed E-state index contributed by atoms with van der Waals surface area (Å²) in [7, 11) is 2.19. The summed E-state index contributed by atoms with van der Waals surface area (Å²) in [6.07, 6.45) is 0. The van der Waals surface area contributed by atoms with Gasteiger partial charge in [0.2, 0.25) is 0 Å². The van der Waals surface area contributed by atoms with Crippen molar-refractivity contribution in [1.29, 1.82) is 0 Å². The molecule has 2 aromatic carbocycles. The van der Waals surface area contributed by atoms with Crippen LogP contribution < -0.4 is 0 Å². The van der Waals surface area contributed by atoms with Crippen LogP contribution in [0.1, 0.15) is 5.56 Å². The van der Waals surface area contributed by atoms with E-state index in [1.165, 1.54) is 0 Å². The lowest BCUT2D eigenvalue weighted by atomic mass is 10.1. The van der Waals surface area contributed by atoms with Gasteiger partial charge in [-0.3, -0.25) is 0 Å². The topological polar surface area (TPSA) is 54.2 Å². The molecule has 0 atom stereocenters. The number of phenolic OH excluding ortho intramolecular Hbond substituents is 1. The van der Waals surface area contributed by atoms with Gasteiger partial charge in [0.05, 0.1) is 37.2 Å². The monoisotopic (exact) mass is 312 g/mol. The lowest BCUT2D eigenvalue weighted by Crippen LogP contribution is -2.51. The summed E-state index contributed by atoms with van der Waals surface area (Å²) in [5.41, 5.74) is 2.47. The SMILES string of the molecule is C[N+]1(Cc2cc(N=Nc3ccccc3)ccc2O)CCOCC1. The number of aromatic hydroxyl groups is 1. The molecule has 5 heteroatoms. The average molecular weight is 312 g/mol. The van der Waals surface area contributed by atoms with Crippen molar-refractivity contribution in [3.8, 4) is 5.75 Å². The van der Waals surface area contributed by atoms with Gasteiger partial charge >= 0.3 is 0 Å². The second-order valence-corrected chi connectivity index (χ2v) is 6.19. The maximum absolute atomic E-state index is 10.2. The highest BCUT2D eigenvalue weighted by atomic mass is 16.5. The Morgan fingerprint density at radius 3 is 2.43 bits per heavy atom. The zero-order valence-corrected chi connectivity index (χ0v) is 13.4. The zero-order chi connectivity index (χ0) is 16.1. The van der Waals surface area contributed by atoms with E-state index >= 15 is 0 Å². The number of nitrogens with zero attached hydrogens (tertiary/aromatic N) is 3. The van der Waals surface area contributed by atoms with E-state index in [9.17, 15) is 5.11 Å². The van der Waals surface area contributed by atoms with Gasteiger partial charge in [-0.1, -0.05) is 18.2 Å². The number of morpholine rings is 1. The molecule has 23 heavy (non-hydrogen) atoms. The van der Waals surface area contributed by atoms with Crippen LogP contribution in [0.3, 0.4) is 0 Å². The molecule has 0 amide bonds. The van der Waals surface area contributed by atoms with Crippen LogP contribution in [0, 0.1) is 0 Å². The van der Waals surface area contributed by atoms with Crippen molar-refractivity contribution in [3.05, 3.63) is 54.1 Å². The first kappa shape index (κ1) is 15.6. The molecule has 0 unspecified atom stereocenters. The molecular formula is C18H22N3O2+. The van der Waals surface area contributed by atoms with Gasteiger partial charge < -0.3 is 14.3 Å². The van der Waals surface area contributed by atoms with Crippen LogP contribution in [0.2, 0.25) is 0 Å². The van der Waals surface area contributed by atoms with E-state index in [4.69, 9.17) is 4.74 Å². The third kappa shape index (κ3) is 4.15. The third-order valence-electron chi connectivity index (χ3n) is 4.20. The minimum atomic E-state index is 0.314. The van der Waals surface area contributed by atoms with Crippen molar-refractivity contribution in [2.45, 2.75) is 6.54 Å². The predicted octanol–water partition coefficient (Wildman–Crippen LogP) is 3.78. The average Bonchev–Trinajstić information content (AvgIpc) is 2.57. The number of hydrogen-bond donors (Lipinski definition) is 1. The number of phenols is 1. The van der Waals surface area contributed by atoms with E-state index in [2.05, 4.69) is 17.3 Å². The number of azo groups is 1. The fourth-order valence-electron chi connectivity index (χ4n) is 2.72. The molecule has 0 spiro atoms. The fourth-order valence-corrected chi connectivity index (χ4v) is 2.72. The molecule has 1 N–H and O–H groups in total. The summed E-state index contributed by atoms with van der Waals surface area (Å²) >= 11 is 0. The third-order valence-corrected chi connectivity index (χ3v) is 4.20. The molecule has 0 saturated carbocycles. The van der Waals surface area contributed by atoms with Crippen LogP contribution in [-0.2, 0) is 11.3 Å². The van der Waals surface area contributed by atoms with Gasteiger partial charge in [-0.15, -0.1) is 0 Å². The molecule has 120 valence electrons. The fraction of sp³-hybridized carbons (Fsp3) is 0.333. The van der Waals surface area contributed by atoms with Crippen molar-refractivity contribution in [1.82, 2.24) is 0 Å². The van der Waals surface area contributed by atoms with Crippen LogP contribution in [0.15, 0.2) is 58.8 Å². The molecule has 1 aliphatic rings.